The molecule has 0 radical (unpaired) electrons. The minimum absolute atomic E-state index is 0.788. The predicted octanol–water partition coefficient (Wildman–Crippen LogP) is 1.19. The first-order chi connectivity index (χ1) is 5.79. The molecule has 0 saturated carbocycles. The highest BCUT2D eigenvalue weighted by Gasteiger charge is 2.03. The van der Waals surface area contributed by atoms with Crippen LogP contribution in [-0.2, 0) is 7.05 Å². The third kappa shape index (κ3) is 1.58. The highest BCUT2D eigenvalue weighted by atomic mass is 15.5. The second-order valence-corrected chi connectivity index (χ2v) is 2.37. The Balaban J connectivity index is 3.04. The molecule has 0 amide bonds. The van der Waals surface area contributed by atoms with Crippen molar-refractivity contribution in [2.75, 3.05) is 0 Å². The van der Waals surface area contributed by atoms with Crippen molar-refractivity contribution < 1.29 is 0 Å². The van der Waals surface area contributed by atoms with Crippen molar-refractivity contribution in [1.29, 1.82) is 0 Å². The summed E-state index contributed by atoms with van der Waals surface area (Å²) >= 11 is 0. The van der Waals surface area contributed by atoms with E-state index in [-0.39, 0.29) is 0 Å². The monoisotopic (exact) mass is 164 g/mol. The minimum Gasteiger partial charge on any atom is -0.229 e. The highest BCUT2D eigenvalue weighted by molar-refractivity contribution is 5.68. The standard InChI is InChI=1S/C8H12N4/c1-4-6-7(5-2)8-9-10-11-12(8)3/h4-6H,1-3H3/b6-4-,7-5+. The number of nitrogens with zero attached hydrogens (tertiary/aromatic N) is 4. The molecule has 1 aromatic rings. The van der Waals surface area contributed by atoms with Crippen molar-refractivity contribution in [2.45, 2.75) is 13.8 Å². The van der Waals surface area contributed by atoms with Gasteiger partial charge in [-0.15, -0.1) is 5.10 Å². The van der Waals surface area contributed by atoms with Gasteiger partial charge in [-0.05, 0) is 24.3 Å². The summed E-state index contributed by atoms with van der Waals surface area (Å²) < 4.78 is 1.65. The molecule has 12 heavy (non-hydrogen) atoms. The molecular formula is C8H12N4. The third-order valence-corrected chi connectivity index (χ3v) is 1.54. The Morgan fingerprint density at radius 1 is 1.42 bits per heavy atom. The van der Waals surface area contributed by atoms with E-state index < -0.39 is 0 Å². The third-order valence-electron chi connectivity index (χ3n) is 1.54. The van der Waals surface area contributed by atoms with E-state index in [1.165, 1.54) is 0 Å². The Kier molecular flexibility index (Phi) is 2.74. The Bertz CT molecular complexity index is 309. The summed E-state index contributed by atoms with van der Waals surface area (Å²) in [6.45, 7) is 3.93. The molecule has 0 aliphatic carbocycles. The van der Waals surface area contributed by atoms with Crippen LogP contribution in [0, 0.1) is 0 Å². The lowest BCUT2D eigenvalue weighted by atomic mass is 10.2. The molecule has 1 heterocycles. The first-order valence-corrected chi connectivity index (χ1v) is 3.81. The van der Waals surface area contributed by atoms with Gasteiger partial charge in [0.25, 0.3) is 0 Å². The van der Waals surface area contributed by atoms with E-state index in [2.05, 4.69) is 15.5 Å². The molecule has 0 bridgehead atoms. The smallest absolute Gasteiger partial charge is 0.181 e. The van der Waals surface area contributed by atoms with Crippen molar-refractivity contribution in [3.63, 3.8) is 0 Å². The van der Waals surface area contributed by atoms with E-state index in [0.29, 0.717) is 0 Å². The summed E-state index contributed by atoms with van der Waals surface area (Å²) in [5.74, 6) is 0.788. The largest absolute Gasteiger partial charge is 0.229 e. The Hall–Kier alpha value is -1.45. The maximum absolute atomic E-state index is 3.89. The second-order valence-electron chi connectivity index (χ2n) is 2.37. The topological polar surface area (TPSA) is 43.6 Å². The zero-order valence-electron chi connectivity index (χ0n) is 7.52. The van der Waals surface area contributed by atoms with Crippen LogP contribution in [0.1, 0.15) is 19.7 Å². The summed E-state index contributed by atoms with van der Waals surface area (Å²) in [5, 5.41) is 11.2. The Morgan fingerprint density at radius 3 is 2.58 bits per heavy atom. The van der Waals surface area contributed by atoms with Gasteiger partial charge in [-0.3, -0.25) is 0 Å². The van der Waals surface area contributed by atoms with Gasteiger partial charge in [-0.25, -0.2) is 4.68 Å². The quantitative estimate of drug-likeness (QED) is 0.617. The zero-order valence-corrected chi connectivity index (χ0v) is 7.52. The molecule has 1 rings (SSSR count). The first-order valence-electron chi connectivity index (χ1n) is 3.81. The molecule has 0 unspecified atom stereocenters. The van der Waals surface area contributed by atoms with Crippen molar-refractivity contribution in [3.05, 3.63) is 24.1 Å². The lowest BCUT2D eigenvalue weighted by Gasteiger charge is -1.96. The fourth-order valence-corrected chi connectivity index (χ4v) is 0.953. The second kappa shape index (κ2) is 3.80. The first kappa shape index (κ1) is 8.64. The maximum Gasteiger partial charge on any atom is 0.181 e. The van der Waals surface area contributed by atoms with Gasteiger partial charge in [0, 0.05) is 12.6 Å². The number of aromatic nitrogens is 4. The number of hydrogen-bond acceptors (Lipinski definition) is 3. The van der Waals surface area contributed by atoms with Gasteiger partial charge < -0.3 is 0 Å². The van der Waals surface area contributed by atoms with Crippen LogP contribution in [0.25, 0.3) is 5.57 Å². The van der Waals surface area contributed by atoms with Gasteiger partial charge in [0.15, 0.2) is 5.82 Å². The molecule has 0 fully saturated rings. The minimum atomic E-state index is 0.788. The van der Waals surface area contributed by atoms with Crippen LogP contribution in [-0.4, -0.2) is 20.2 Å². The number of rotatable bonds is 2. The SMILES string of the molecule is C/C=C\C(=C/C)c1nnnn1C. The Morgan fingerprint density at radius 2 is 2.17 bits per heavy atom. The average molecular weight is 164 g/mol. The van der Waals surface area contributed by atoms with Crippen molar-refractivity contribution >= 4 is 5.57 Å². The molecule has 0 aromatic carbocycles. The van der Waals surface area contributed by atoms with E-state index >= 15 is 0 Å². The van der Waals surface area contributed by atoms with Crippen LogP contribution in [0.5, 0.6) is 0 Å². The van der Waals surface area contributed by atoms with Gasteiger partial charge >= 0.3 is 0 Å². The fraction of sp³-hybridized carbons (Fsp3) is 0.375. The van der Waals surface area contributed by atoms with Gasteiger partial charge in [-0.2, -0.15) is 0 Å². The summed E-state index contributed by atoms with van der Waals surface area (Å²) in [6, 6.07) is 0. The molecule has 64 valence electrons. The molecule has 0 spiro atoms. The van der Waals surface area contributed by atoms with E-state index in [9.17, 15) is 0 Å². The van der Waals surface area contributed by atoms with Crippen LogP contribution in [0.15, 0.2) is 18.2 Å². The van der Waals surface area contributed by atoms with Gasteiger partial charge in [-0.1, -0.05) is 18.2 Å². The highest BCUT2D eigenvalue weighted by Crippen LogP contribution is 2.09. The van der Waals surface area contributed by atoms with Gasteiger partial charge in [0.1, 0.15) is 0 Å². The normalized spacial score (nSPS) is 12.8. The number of tetrazole rings is 1. The molecular weight excluding hydrogens is 152 g/mol. The summed E-state index contributed by atoms with van der Waals surface area (Å²) in [4.78, 5) is 0. The molecule has 4 heteroatoms. The molecule has 4 nitrogen and oxygen atoms in total. The summed E-state index contributed by atoms with van der Waals surface area (Å²) in [5.41, 5.74) is 1.03. The van der Waals surface area contributed by atoms with Crippen LogP contribution in [0.3, 0.4) is 0 Å². The number of aryl methyl sites for hydroxylation is 1. The molecule has 0 aliphatic heterocycles. The van der Waals surface area contributed by atoms with Crippen LogP contribution >= 0.6 is 0 Å². The van der Waals surface area contributed by atoms with E-state index in [1.807, 2.05) is 39.1 Å². The van der Waals surface area contributed by atoms with Gasteiger partial charge in [0.05, 0.1) is 0 Å². The molecule has 0 saturated heterocycles. The Labute approximate surface area is 71.6 Å². The van der Waals surface area contributed by atoms with E-state index in [0.717, 1.165) is 11.4 Å². The molecule has 0 aliphatic rings. The van der Waals surface area contributed by atoms with Crippen molar-refractivity contribution in [3.8, 4) is 0 Å². The van der Waals surface area contributed by atoms with Crippen LogP contribution in [0.4, 0.5) is 0 Å². The van der Waals surface area contributed by atoms with Crippen molar-refractivity contribution in [2.24, 2.45) is 7.05 Å². The van der Waals surface area contributed by atoms with Crippen molar-refractivity contribution in [1.82, 2.24) is 20.2 Å². The fourth-order valence-electron chi connectivity index (χ4n) is 0.953. The van der Waals surface area contributed by atoms with Crippen LogP contribution in [0.2, 0.25) is 0 Å². The predicted molar refractivity (Wildman–Crippen MR) is 47.3 cm³/mol. The number of allylic oxidation sites excluding steroid dienone is 4. The van der Waals surface area contributed by atoms with Crippen LogP contribution < -0.4 is 0 Å². The van der Waals surface area contributed by atoms with E-state index in [1.54, 1.807) is 4.68 Å². The molecule has 0 N–H and O–H groups in total. The average Bonchev–Trinajstić information content (AvgIpc) is 2.47. The number of hydrogen-bond donors (Lipinski definition) is 0. The molecule has 1 aromatic heterocycles. The summed E-state index contributed by atoms with van der Waals surface area (Å²) in [6.07, 6.45) is 5.92. The summed E-state index contributed by atoms with van der Waals surface area (Å²) in [7, 11) is 1.82. The molecule has 0 atom stereocenters. The lowest BCUT2D eigenvalue weighted by Crippen LogP contribution is -1.97. The van der Waals surface area contributed by atoms with Gasteiger partial charge in [0.2, 0.25) is 0 Å². The van der Waals surface area contributed by atoms with E-state index in [4.69, 9.17) is 0 Å². The maximum atomic E-state index is 3.89. The zero-order chi connectivity index (χ0) is 8.97. The lowest BCUT2D eigenvalue weighted by molar-refractivity contribution is 0.705.